The molecular weight excluding hydrogens is 242 g/mol. The second-order valence-electron chi connectivity index (χ2n) is 4.88. The van der Waals surface area contributed by atoms with Gasteiger partial charge in [0.15, 0.2) is 6.61 Å². The summed E-state index contributed by atoms with van der Waals surface area (Å²) in [7, 11) is 0. The highest BCUT2D eigenvalue weighted by atomic mass is 16.5. The van der Waals surface area contributed by atoms with Gasteiger partial charge >= 0.3 is 0 Å². The molecule has 1 amide bonds. The zero-order chi connectivity index (χ0) is 13.5. The van der Waals surface area contributed by atoms with Crippen LogP contribution in [0.25, 0.3) is 0 Å². The number of aromatic nitrogens is 1. The van der Waals surface area contributed by atoms with Crippen LogP contribution in [0.4, 0.5) is 0 Å². The molecule has 0 bridgehead atoms. The number of pyridine rings is 1. The molecule has 0 saturated heterocycles. The molecule has 1 aliphatic rings. The molecular formula is C14H21N3O2. The smallest absolute Gasteiger partial charge is 0.258 e. The lowest BCUT2D eigenvalue weighted by molar-refractivity contribution is -0.124. The Hall–Kier alpha value is -1.62. The van der Waals surface area contributed by atoms with E-state index in [1.807, 2.05) is 0 Å². The third kappa shape index (κ3) is 4.52. The number of rotatable bonds is 5. The van der Waals surface area contributed by atoms with Crippen molar-refractivity contribution in [1.82, 2.24) is 10.3 Å². The van der Waals surface area contributed by atoms with Crippen LogP contribution in [-0.2, 0) is 11.3 Å². The van der Waals surface area contributed by atoms with Gasteiger partial charge in [-0.2, -0.15) is 0 Å². The lowest BCUT2D eigenvalue weighted by Crippen LogP contribution is -2.38. The Morgan fingerprint density at radius 3 is 2.79 bits per heavy atom. The first kappa shape index (κ1) is 13.8. The molecule has 3 N–H and O–H groups in total. The van der Waals surface area contributed by atoms with Crippen molar-refractivity contribution in [1.29, 1.82) is 0 Å². The van der Waals surface area contributed by atoms with Crippen LogP contribution in [0.3, 0.4) is 0 Å². The van der Waals surface area contributed by atoms with Crippen LogP contribution in [-0.4, -0.2) is 23.5 Å². The topological polar surface area (TPSA) is 77.2 Å². The molecule has 0 atom stereocenters. The minimum atomic E-state index is -0.0604. The molecule has 5 heteroatoms. The van der Waals surface area contributed by atoms with Crippen LogP contribution in [0.2, 0.25) is 0 Å². The van der Waals surface area contributed by atoms with E-state index < -0.39 is 0 Å². The lowest BCUT2D eigenvalue weighted by Gasteiger charge is -2.22. The van der Waals surface area contributed by atoms with Crippen LogP contribution in [0.5, 0.6) is 5.75 Å². The van der Waals surface area contributed by atoms with Crippen LogP contribution in [0.1, 0.15) is 37.8 Å². The van der Waals surface area contributed by atoms with Gasteiger partial charge in [-0.05, 0) is 25.0 Å². The van der Waals surface area contributed by atoms with E-state index in [1.165, 1.54) is 19.3 Å². The summed E-state index contributed by atoms with van der Waals surface area (Å²) >= 11 is 0. The lowest BCUT2D eigenvalue weighted by atomic mass is 9.95. The van der Waals surface area contributed by atoms with Crippen molar-refractivity contribution in [3.63, 3.8) is 0 Å². The average molecular weight is 263 g/mol. The van der Waals surface area contributed by atoms with Crippen LogP contribution < -0.4 is 15.8 Å². The van der Waals surface area contributed by atoms with E-state index in [0.717, 1.165) is 18.5 Å². The summed E-state index contributed by atoms with van der Waals surface area (Å²) in [5.41, 5.74) is 6.26. The molecule has 1 aromatic heterocycles. The van der Waals surface area contributed by atoms with Gasteiger partial charge in [0.1, 0.15) is 5.75 Å². The van der Waals surface area contributed by atoms with Crippen molar-refractivity contribution in [3.05, 3.63) is 24.0 Å². The maximum atomic E-state index is 11.7. The van der Waals surface area contributed by atoms with E-state index in [1.54, 1.807) is 18.3 Å². The third-order valence-electron chi connectivity index (χ3n) is 3.35. The minimum absolute atomic E-state index is 0.0418. The summed E-state index contributed by atoms with van der Waals surface area (Å²) in [6.07, 6.45) is 7.45. The molecule has 5 nitrogen and oxygen atoms in total. The molecule has 0 aliphatic heterocycles. The second kappa shape index (κ2) is 7.09. The van der Waals surface area contributed by atoms with Gasteiger partial charge in [-0.25, -0.2) is 0 Å². The third-order valence-corrected chi connectivity index (χ3v) is 3.35. The Bertz CT molecular complexity index is 400. The van der Waals surface area contributed by atoms with Crippen molar-refractivity contribution in [2.24, 2.45) is 5.73 Å². The van der Waals surface area contributed by atoms with Crippen LogP contribution >= 0.6 is 0 Å². The first-order chi connectivity index (χ1) is 9.28. The Morgan fingerprint density at radius 2 is 2.16 bits per heavy atom. The predicted octanol–water partition coefficient (Wildman–Crippen LogP) is 1.37. The Kier molecular flexibility index (Phi) is 5.15. The first-order valence-electron chi connectivity index (χ1n) is 6.85. The number of carbonyl (C=O) groups excluding carboxylic acids is 1. The van der Waals surface area contributed by atoms with Gasteiger partial charge in [-0.15, -0.1) is 0 Å². The largest absolute Gasteiger partial charge is 0.482 e. The number of hydrogen-bond donors (Lipinski definition) is 2. The number of amides is 1. The summed E-state index contributed by atoms with van der Waals surface area (Å²) in [5.74, 6) is 0.533. The number of ether oxygens (including phenoxy) is 1. The number of hydrogen-bond acceptors (Lipinski definition) is 4. The number of nitrogens with two attached hydrogens (primary N) is 1. The van der Waals surface area contributed by atoms with E-state index in [9.17, 15) is 4.79 Å². The first-order valence-corrected chi connectivity index (χ1v) is 6.85. The minimum Gasteiger partial charge on any atom is -0.482 e. The second-order valence-corrected chi connectivity index (χ2v) is 4.88. The van der Waals surface area contributed by atoms with E-state index in [-0.39, 0.29) is 12.5 Å². The van der Waals surface area contributed by atoms with Crippen molar-refractivity contribution < 1.29 is 9.53 Å². The average Bonchev–Trinajstić information content (AvgIpc) is 2.47. The fraction of sp³-hybridized carbons (Fsp3) is 0.571. The van der Waals surface area contributed by atoms with Gasteiger partial charge in [0.05, 0.1) is 11.9 Å². The SMILES string of the molecule is NCc1ccc(OCC(=O)NC2CCCCC2)cn1. The Morgan fingerprint density at radius 1 is 1.37 bits per heavy atom. The zero-order valence-electron chi connectivity index (χ0n) is 11.1. The fourth-order valence-electron chi connectivity index (χ4n) is 2.28. The van der Waals surface area contributed by atoms with Crippen molar-refractivity contribution in [3.8, 4) is 5.75 Å². The van der Waals surface area contributed by atoms with Gasteiger partial charge < -0.3 is 15.8 Å². The molecule has 1 aromatic rings. The Balaban J connectivity index is 1.72. The van der Waals surface area contributed by atoms with Crippen LogP contribution in [0.15, 0.2) is 18.3 Å². The van der Waals surface area contributed by atoms with E-state index in [0.29, 0.717) is 18.3 Å². The molecule has 104 valence electrons. The molecule has 0 spiro atoms. The maximum Gasteiger partial charge on any atom is 0.258 e. The normalized spacial score (nSPS) is 16.1. The van der Waals surface area contributed by atoms with Gasteiger partial charge in [0, 0.05) is 12.6 Å². The summed E-state index contributed by atoms with van der Waals surface area (Å²) in [6.45, 7) is 0.447. The molecule has 1 saturated carbocycles. The van der Waals surface area contributed by atoms with Crippen LogP contribution in [0, 0.1) is 0 Å². The molecule has 19 heavy (non-hydrogen) atoms. The Labute approximate surface area is 113 Å². The highest BCUT2D eigenvalue weighted by Gasteiger charge is 2.15. The quantitative estimate of drug-likeness (QED) is 0.841. The maximum absolute atomic E-state index is 11.7. The molecule has 1 fully saturated rings. The summed E-state index contributed by atoms with van der Waals surface area (Å²) in [6, 6.07) is 3.90. The zero-order valence-corrected chi connectivity index (χ0v) is 11.1. The highest BCUT2D eigenvalue weighted by molar-refractivity contribution is 5.77. The van der Waals surface area contributed by atoms with E-state index in [4.69, 9.17) is 10.5 Å². The summed E-state index contributed by atoms with van der Waals surface area (Å²) in [4.78, 5) is 15.8. The molecule has 0 radical (unpaired) electrons. The molecule has 2 rings (SSSR count). The van der Waals surface area contributed by atoms with Gasteiger partial charge in [-0.1, -0.05) is 19.3 Å². The van der Waals surface area contributed by atoms with Gasteiger partial charge in [-0.3, -0.25) is 9.78 Å². The van der Waals surface area contributed by atoms with E-state index in [2.05, 4.69) is 10.3 Å². The number of carbonyl (C=O) groups is 1. The molecule has 1 aliphatic carbocycles. The van der Waals surface area contributed by atoms with Crippen molar-refractivity contribution in [2.75, 3.05) is 6.61 Å². The summed E-state index contributed by atoms with van der Waals surface area (Å²) < 4.78 is 5.39. The molecule has 1 heterocycles. The molecule has 0 aromatic carbocycles. The monoisotopic (exact) mass is 263 g/mol. The van der Waals surface area contributed by atoms with Gasteiger partial charge in [0.2, 0.25) is 0 Å². The van der Waals surface area contributed by atoms with Crippen molar-refractivity contribution >= 4 is 5.91 Å². The molecule has 0 unspecified atom stereocenters. The number of nitrogens with one attached hydrogen (secondary N) is 1. The van der Waals surface area contributed by atoms with E-state index >= 15 is 0 Å². The standard InChI is InChI=1S/C14H21N3O2/c15-8-12-6-7-13(9-16-12)19-10-14(18)17-11-4-2-1-3-5-11/h6-7,9,11H,1-5,8,10,15H2,(H,17,18). The predicted molar refractivity (Wildman–Crippen MR) is 72.6 cm³/mol. The fourth-order valence-corrected chi connectivity index (χ4v) is 2.28. The van der Waals surface area contributed by atoms with Crippen molar-refractivity contribution in [2.45, 2.75) is 44.7 Å². The number of nitrogens with zero attached hydrogens (tertiary/aromatic N) is 1. The van der Waals surface area contributed by atoms with Gasteiger partial charge in [0.25, 0.3) is 5.91 Å². The summed E-state index contributed by atoms with van der Waals surface area (Å²) in [5, 5.41) is 3.01. The highest BCUT2D eigenvalue weighted by Crippen LogP contribution is 2.17.